The number of rotatable bonds is 7. The molecule has 0 bridgehead atoms. The fourth-order valence-electron chi connectivity index (χ4n) is 6.31. The first kappa shape index (κ1) is 35.1. The predicted octanol–water partition coefficient (Wildman–Crippen LogP) is 1.30. The molecule has 4 rings (SSSR count). The fourth-order valence-corrected chi connectivity index (χ4v) is 7.74. The Hall–Kier alpha value is -2.78. The van der Waals surface area contributed by atoms with Crippen LogP contribution >= 0.6 is 0 Å². The molecular weight excluding hydrogens is 611 g/mol. The predicted molar refractivity (Wildman–Crippen MR) is 161 cm³/mol. The molecule has 7 atom stereocenters. The number of aliphatic hydroxyl groups is 1. The summed E-state index contributed by atoms with van der Waals surface area (Å²) in [5, 5.41) is 16.0. The van der Waals surface area contributed by atoms with Crippen LogP contribution in [-0.4, -0.2) is 103 Å². The first-order valence-electron chi connectivity index (χ1n) is 15.6. The van der Waals surface area contributed by atoms with E-state index in [0.717, 1.165) is 0 Å². The molecule has 0 spiro atoms. The fraction of sp³-hybridized carbons (Fsp3) is 0.800. The van der Waals surface area contributed by atoms with Crippen molar-refractivity contribution < 1.29 is 46.6 Å². The Labute approximate surface area is 264 Å². The highest BCUT2D eigenvalue weighted by Gasteiger charge is 2.64. The number of allylic oxidation sites excluding steroid dienone is 1. The van der Waals surface area contributed by atoms with Gasteiger partial charge in [-0.05, 0) is 65.2 Å². The molecule has 3 fully saturated rings. The molecule has 1 unspecified atom stereocenters. The molecule has 4 aliphatic rings. The van der Waals surface area contributed by atoms with Crippen molar-refractivity contribution in [1.29, 1.82) is 0 Å². The van der Waals surface area contributed by atoms with Crippen molar-refractivity contribution in [2.75, 3.05) is 26.9 Å². The number of fused-ring (bicyclic) bond motifs is 2. The summed E-state index contributed by atoms with van der Waals surface area (Å²) in [5.41, 5.74) is -2.48. The number of hydrogen-bond donors (Lipinski definition) is 4. The van der Waals surface area contributed by atoms with Crippen molar-refractivity contribution in [1.82, 2.24) is 20.3 Å². The number of carbonyl (C=O) groups is 4. The highest BCUT2D eigenvalue weighted by Crippen LogP contribution is 2.48. The number of carbonyl (C=O) groups excluding carboxylic acids is 4. The Morgan fingerprint density at radius 3 is 2.51 bits per heavy atom. The van der Waals surface area contributed by atoms with Gasteiger partial charge in [0.2, 0.25) is 21.8 Å². The van der Waals surface area contributed by atoms with Crippen LogP contribution in [0.4, 0.5) is 9.18 Å². The molecule has 4 amide bonds. The van der Waals surface area contributed by atoms with Crippen LogP contribution < -0.4 is 15.4 Å². The Bertz CT molecular complexity index is 1300. The van der Waals surface area contributed by atoms with Crippen LogP contribution in [0, 0.1) is 17.8 Å². The van der Waals surface area contributed by atoms with Gasteiger partial charge in [-0.3, -0.25) is 19.1 Å². The molecule has 0 aromatic carbocycles. The van der Waals surface area contributed by atoms with Gasteiger partial charge >= 0.3 is 6.09 Å². The average Bonchev–Trinajstić information content (AvgIpc) is 3.84. The number of aliphatic hydroxyl groups excluding tert-OH is 1. The summed E-state index contributed by atoms with van der Waals surface area (Å²) in [5.74, 6) is -3.30. The second kappa shape index (κ2) is 13.1. The summed E-state index contributed by atoms with van der Waals surface area (Å²) in [4.78, 5) is 55.6. The third-order valence-corrected chi connectivity index (χ3v) is 11.3. The molecule has 0 aromatic heterocycles. The van der Waals surface area contributed by atoms with Crippen LogP contribution in [0.5, 0.6) is 0 Å². The zero-order chi connectivity index (χ0) is 33.4. The summed E-state index contributed by atoms with van der Waals surface area (Å²) >= 11 is 0. The number of halogens is 1. The van der Waals surface area contributed by atoms with Crippen molar-refractivity contribution in [3.8, 4) is 0 Å². The number of sulfonamides is 1. The largest absolute Gasteiger partial charge is 0.444 e. The van der Waals surface area contributed by atoms with Crippen LogP contribution in [0.25, 0.3) is 0 Å². The summed E-state index contributed by atoms with van der Waals surface area (Å²) in [6.45, 7) is 5.87. The van der Waals surface area contributed by atoms with E-state index < -0.39 is 86.4 Å². The van der Waals surface area contributed by atoms with Gasteiger partial charge in [0, 0.05) is 31.9 Å². The van der Waals surface area contributed by atoms with Crippen molar-refractivity contribution in [3.63, 3.8) is 0 Å². The molecule has 15 heteroatoms. The number of nitrogens with one attached hydrogen (secondary N) is 3. The molecule has 2 aliphatic carbocycles. The monoisotopic (exact) mass is 658 g/mol. The van der Waals surface area contributed by atoms with E-state index in [1.165, 1.54) is 12.0 Å². The highest BCUT2D eigenvalue weighted by molar-refractivity contribution is 7.91. The lowest BCUT2D eigenvalue weighted by molar-refractivity contribution is -0.142. The van der Waals surface area contributed by atoms with E-state index in [1.807, 2.05) is 17.7 Å². The molecular formula is C30H47FN4O9S. The number of amides is 4. The van der Waals surface area contributed by atoms with E-state index in [1.54, 1.807) is 26.8 Å². The quantitative estimate of drug-likeness (QED) is 0.293. The molecule has 254 valence electrons. The Balaban J connectivity index is 1.66. The number of nitrogens with zero attached hydrogens (tertiary/aromatic N) is 1. The number of alkyl carbamates (subject to hydrolysis) is 1. The zero-order valence-electron chi connectivity index (χ0n) is 26.6. The van der Waals surface area contributed by atoms with Gasteiger partial charge < -0.3 is 30.1 Å². The minimum atomic E-state index is -4.35. The Morgan fingerprint density at radius 1 is 1.22 bits per heavy atom. The molecule has 2 saturated carbocycles. The second-order valence-electron chi connectivity index (χ2n) is 14.1. The summed E-state index contributed by atoms with van der Waals surface area (Å²) in [6, 6.07) is -2.37. The minimum absolute atomic E-state index is 0.0724. The number of alkyl halides is 1. The van der Waals surface area contributed by atoms with Crippen LogP contribution in [0.1, 0.15) is 72.6 Å². The van der Waals surface area contributed by atoms with E-state index in [0.29, 0.717) is 19.3 Å². The van der Waals surface area contributed by atoms with Gasteiger partial charge in [-0.1, -0.05) is 19.1 Å². The van der Waals surface area contributed by atoms with Crippen LogP contribution in [0.15, 0.2) is 12.2 Å². The zero-order valence-corrected chi connectivity index (χ0v) is 27.5. The standard InChI is InChI=1S/C30H47FN4O9S/c1-18-8-6-7-9-20-14-30(20,26(39)34-45(41,42)29(17-31)10-11-29)33-24(37)22-13-21(36)15-35(22)25(38)23(19(12-18)16-43-5)32-27(40)44-28(2,3)4/h7,9,18-23,36H,6,8,10-17H2,1-5H3,(H,32,40)(H,33,37)(H,34,39)/b9-7-/t18?,19-,20+,21+,22-,23-,30+/m0/s1. The van der Waals surface area contributed by atoms with Gasteiger partial charge in [-0.15, -0.1) is 0 Å². The van der Waals surface area contributed by atoms with Gasteiger partial charge in [-0.25, -0.2) is 17.6 Å². The Morgan fingerprint density at radius 2 is 1.91 bits per heavy atom. The third kappa shape index (κ3) is 7.79. The van der Waals surface area contributed by atoms with E-state index in [9.17, 15) is 37.1 Å². The smallest absolute Gasteiger partial charge is 0.408 e. The lowest BCUT2D eigenvalue weighted by atomic mass is 9.87. The minimum Gasteiger partial charge on any atom is -0.444 e. The normalized spacial score (nSPS) is 34.2. The van der Waals surface area contributed by atoms with Crippen LogP contribution in [0.2, 0.25) is 0 Å². The van der Waals surface area contributed by atoms with Crippen molar-refractivity contribution in [3.05, 3.63) is 12.2 Å². The molecule has 0 radical (unpaired) electrons. The molecule has 0 aromatic rings. The summed E-state index contributed by atoms with van der Waals surface area (Å²) in [7, 11) is -2.86. The van der Waals surface area contributed by atoms with Gasteiger partial charge in [-0.2, -0.15) is 0 Å². The van der Waals surface area contributed by atoms with Crippen molar-refractivity contribution in [2.45, 2.75) is 107 Å². The van der Waals surface area contributed by atoms with E-state index >= 15 is 0 Å². The molecule has 2 aliphatic heterocycles. The molecule has 1 saturated heterocycles. The second-order valence-corrected chi connectivity index (χ2v) is 16.2. The van der Waals surface area contributed by atoms with Crippen LogP contribution in [-0.2, 0) is 33.9 Å². The maximum Gasteiger partial charge on any atom is 0.408 e. The molecule has 2 heterocycles. The van der Waals surface area contributed by atoms with Crippen LogP contribution in [0.3, 0.4) is 0 Å². The summed E-state index contributed by atoms with van der Waals surface area (Å²) in [6.07, 6.45) is 3.70. The van der Waals surface area contributed by atoms with Crippen molar-refractivity contribution in [2.24, 2.45) is 17.8 Å². The topological polar surface area (TPSA) is 180 Å². The number of ether oxygens (including phenoxy) is 2. The number of methoxy groups -OCH3 is 1. The molecule has 45 heavy (non-hydrogen) atoms. The average molecular weight is 659 g/mol. The summed E-state index contributed by atoms with van der Waals surface area (Å²) < 4.78 is 50.7. The lowest BCUT2D eigenvalue weighted by Crippen LogP contribution is -2.60. The molecule has 13 nitrogen and oxygen atoms in total. The van der Waals surface area contributed by atoms with E-state index in [-0.39, 0.29) is 44.8 Å². The van der Waals surface area contributed by atoms with Crippen molar-refractivity contribution >= 4 is 33.8 Å². The first-order valence-corrected chi connectivity index (χ1v) is 17.0. The third-order valence-electron chi connectivity index (χ3n) is 9.17. The molecule has 4 N–H and O–H groups in total. The van der Waals surface area contributed by atoms with E-state index in [2.05, 4.69) is 10.6 Å². The lowest BCUT2D eigenvalue weighted by Gasteiger charge is -2.34. The maximum absolute atomic E-state index is 14.2. The van der Waals surface area contributed by atoms with Gasteiger partial charge in [0.15, 0.2) is 0 Å². The first-order chi connectivity index (χ1) is 21.0. The maximum atomic E-state index is 14.2. The Kier molecular flexibility index (Phi) is 10.2. The number of hydrogen-bond acceptors (Lipinski definition) is 9. The highest BCUT2D eigenvalue weighted by atomic mass is 32.2. The SMILES string of the molecule is COC[C@@H]1CC(C)CC/C=C\[C@@H]2C[C@@]2(C(=O)NS(=O)(=O)C2(CF)CC2)NC(=O)[C@@H]2C[C@@H](O)CN2C(=O)[C@H]1NC(=O)OC(C)(C)C. The van der Waals surface area contributed by atoms with Gasteiger partial charge in [0.1, 0.15) is 34.6 Å². The van der Waals surface area contributed by atoms with E-state index in [4.69, 9.17) is 9.47 Å². The van der Waals surface area contributed by atoms with Gasteiger partial charge in [0.25, 0.3) is 5.91 Å². The van der Waals surface area contributed by atoms with Gasteiger partial charge in [0.05, 0.1) is 12.7 Å².